The molecule has 20 heavy (non-hydrogen) atoms. The highest BCUT2D eigenvalue weighted by Gasteiger charge is 2.21. The van der Waals surface area contributed by atoms with Gasteiger partial charge in [0, 0.05) is 19.2 Å². The van der Waals surface area contributed by atoms with E-state index in [0.717, 1.165) is 5.56 Å². The van der Waals surface area contributed by atoms with E-state index in [1.165, 1.54) is 4.90 Å². The minimum absolute atomic E-state index is 0.196. The van der Waals surface area contributed by atoms with E-state index in [0.29, 0.717) is 11.1 Å². The number of carbonyl (C=O) groups is 1. The normalized spacial score (nSPS) is 10.7. The standard InChI is InChI=1S/C16H21NO3/c1-12-7-8-13(6-5-9-18)14(10-12)15(19)17(4)11-16(2,3)20/h7-8,10,18,20H,9,11H2,1-4H3. The second-order valence-electron chi connectivity index (χ2n) is 5.48. The maximum Gasteiger partial charge on any atom is 0.254 e. The Bertz CT molecular complexity index is 547. The molecule has 0 aliphatic rings. The van der Waals surface area contributed by atoms with Crippen molar-refractivity contribution in [2.75, 3.05) is 20.2 Å². The summed E-state index contributed by atoms with van der Waals surface area (Å²) in [4.78, 5) is 13.9. The van der Waals surface area contributed by atoms with Crippen LogP contribution in [0.2, 0.25) is 0 Å². The number of nitrogens with zero attached hydrogens (tertiary/aromatic N) is 1. The predicted molar refractivity (Wildman–Crippen MR) is 78.4 cm³/mol. The Balaban J connectivity index is 3.11. The third kappa shape index (κ3) is 4.69. The van der Waals surface area contributed by atoms with Crippen LogP contribution >= 0.6 is 0 Å². The molecule has 4 nitrogen and oxygen atoms in total. The van der Waals surface area contributed by atoms with Gasteiger partial charge >= 0.3 is 0 Å². The average molecular weight is 275 g/mol. The minimum atomic E-state index is -0.953. The Morgan fingerprint density at radius 1 is 1.40 bits per heavy atom. The third-order valence-electron chi connectivity index (χ3n) is 2.68. The summed E-state index contributed by atoms with van der Waals surface area (Å²) in [7, 11) is 1.64. The van der Waals surface area contributed by atoms with Crippen LogP contribution in [0.4, 0.5) is 0 Å². The maximum atomic E-state index is 12.4. The maximum absolute atomic E-state index is 12.4. The average Bonchev–Trinajstić information content (AvgIpc) is 2.34. The van der Waals surface area contributed by atoms with E-state index in [1.807, 2.05) is 13.0 Å². The molecule has 108 valence electrons. The molecular weight excluding hydrogens is 254 g/mol. The van der Waals surface area contributed by atoms with Gasteiger partial charge in [-0.15, -0.1) is 0 Å². The smallest absolute Gasteiger partial charge is 0.254 e. The summed E-state index contributed by atoms with van der Waals surface area (Å²) in [5, 5.41) is 18.6. The molecule has 0 radical (unpaired) electrons. The number of aryl methyl sites for hydroxylation is 1. The largest absolute Gasteiger partial charge is 0.389 e. The fourth-order valence-electron chi connectivity index (χ4n) is 1.94. The van der Waals surface area contributed by atoms with Gasteiger partial charge in [0.05, 0.1) is 11.2 Å². The highest BCUT2D eigenvalue weighted by molar-refractivity contribution is 5.96. The van der Waals surface area contributed by atoms with Crippen LogP contribution in [-0.4, -0.2) is 46.8 Å². The quantitative estimate of drug-likeness (QED) is 0.814. The first kappa shape index (κ1) is 16.2. The molecule has 0 spiro atoms. The minimum Gasteiger partial charge on any atom is -0.389 e. The first-order chi connectivity index (χ1) is 9.24. The van der Waals surface area contributed by atoms with Gasteiger partial charge in [0.1, 0.15) is 6.61 Å². The van der Waals surface area contributed by atoms with Gasteiger partial charge in [0.2, 0.25) is 0 Å². The van der Waals surface area contributed by atoms with Gasteiger partial charge in [-0.1, -0.05) is 23.5 Å². The Hall–Kier alpha value is -1.83. The van der Waals surface area contributed by atoms with Gasteiger partial charge in [0.25, 0.3) is 5.91 Å². The van der Waals surface area contributed by atoms with E-state index >= 15 is 0 Å². The molecule has 1 aromatic carbocycles. The van der Waals surface area contributed by atoms with Crippen LogP contribution in [0.15, 0.2) is 18.2 Å². The van der Waals surface area contributed by atoms with E-state index in [-0.39, 0.29) is 19.1 Å². The van der Waals surface area contributed by atoms with E-state index in [4.69, 9.17) is 5.11 Å². The highest BCUT2D eigenvalue weighted by atomic mass is 16.3. The predicted octanol–water partition coefficient (Wildman–Crippen LogP) is 1.18. The number of carbonyl (C=O) groups excluding carboxylic acids is 1. The summed E-state index contributed by atoms with van der Waals surface area (Å²) >= 11 is 0. The number of aliphatic hydroxyl groups excluding tert-OH is 1. The molecule has 0 atom stereocenters. The monoisotopic (exact) mass is 275 g/mol. The highest BCUT2D eigenvalue weighted by Crippen LogP contribution is 2.14. The van der Waals surface area contributed by atoms with Crippen LogP contribution in [0.5, 0.6) is 0 Å². The van der Waals surface area contributed by atoms with Crippen LogP contribution in [0, 0.1) is 18.8 Å². The SMILES string of the molecule is Cc1ccc(C#CCO)c(C(=O)N(C)CC(C)(C)O)c1. The molecule has 2 N–H and O–H groups in total. The van der Waals surface area contributed by atoms with E-state index in [2.05, 4.69) is 11.8 Å². The van der Waals surface area contributed by atoms with Gasteiger partial charge in [-0.05, 0) is 32.9 Å². The molecule has 0 saturated carbocycles. The van der Waals surface area contributed by atoms with Gasteiger partial charge in [-0.25, -0.2) is 0 Å². The number of likely N-dealkylation sites (N-methyl/N-ethyl adjacent to an activating group) is 1. The van der Waals surface area contributed by atoms with Crippen molar-refractivity contribution in [3.8, 4) is 11.8 Å². The molecule has 1 rings (SSSR count). The third-order valence-corrected chi connectivity index (χ3v) is 2.68. The van der Waals surface area contributed by atoms with Crippen molar-refractivity contribution in [2.45, 2.75) is 26.4 Å². The fourth-order valence-corrected chi connectivity index (χ4v) is 1.94. The molecular formula is C16H21NO3. The molecule has 4 heteroatoms. The second kappa shape index (κ2) is 6.56. The van der Waals surface area contributed by atoms with Crippen LogP contribution in [0.3, 0.4) is 0 Å². The number of amides is 1. The number of aliphatic hydroxyl groups is 2. The Kier molecular flexibility index (Phi) is 5.32. The summed E-state index contributed by atoms with van der Waals surface area (Å²) in [6, 6.07) is 5.40. The molecule has 0 bridgehead atoms. The van der Waals surface area contributed by atoms with Crippen LogP contribution in [0.1, 0.15) is 35.3 Å². The van der Waals surface area contributed by atoms with Crippen molar-refractivity contribution in [3.05, 3.63) is 34.9 Å². The van der Waals surface area contributed by atoms with Gasteiger partial charge in [0.15, 0.2) is 0 Å². The molecule has 0 aromatic heterocycles. The lowest BCUT2D eigenvalue weighted by Gasteiger charge is -2.26. The number of hydrogen-bond acceptors (Lipinski definition) is 3. The van der Waals surface area contributed by atoms with Crippen LogP contribution in [0.25, 0.3) is 0 Å². The molecule has 0 heterocycles. The molecule has 1 amide bonds. The van der Waals surface area contributed by atoms with Crippen molar-refractivity contribution < 1.29 is 15.0 Å². The van der Waals surface area contributed by atoms with Crippen molar-refractivity contribution >= 4 is 5.91 Å². The topological polar surface area (TPSA) is 60.8 Å². The van der Waals surface area contributed by atoms with Gasteiger partial charge in [-0.3, -0.25) is 4.79 Å². The van der Waals surface area contributed by atoms with Crippen molar-refractivity contribution in [2.24, 2.45) is 0 Å². The van der Waals surface area contributed by atoms with Crippen molar-refractivity contribution in [1.29, 1.82) is 0 Å². The Labute approximate surface area is 120 Å². The van der Waals surface area contributed by atoms with Gasteiger partial charge < -0.3 is 15.1 Å². The fraction of sp³-hybridized carbons (Fsp3) is 0.438. The van der Waals surface area contributed by atoms with Crippen molar-refractivity contribution in [1.82, 2.24) is 4.90 Å². The summed E-state index contributed by atoms with van der Waals surface area (Å²) in [5.41, 5.74) is 1.07. The first-order valence-electron chi connectivity index (χ1n) is 6.43. The lowest BCUT2D eigenvalue weighted by molar-refractivity contribution is 0.0367. The van der Waals surface area contributed by atoms with Crippen molar-refractivity contribution in [3.63, 3.8) is 0 Å². The number of benzene rings is 1. The van der Waals surface area contributed by atoms with Crippen LogP contribution < -0.4 is 0 Å². The molecule has 0 aliphatic carbocycles. The first-order valence-corrected chi connectivity index (χ1v) is 6.43. The number of hydrogen-bond donors (Lipinski definition) is 2. The lowest BCUT2D eigenvalue weighted by Crippen LogP contribution is -2.40. The molecule has 0 saturated heterocycles. The van der Waals surface area contributed by atoms with Gasteiger partial charge in [-0.2, -0.15) is 0 Å². The zero-order chi connectivity index (χ0) is 15.3. The molecule has 0 unspecified atom stereocenters. The lowest BCUT2D eigenvalue weighted by atomic mass is 10.0. The molecule has 0 fully saturated rings. The zero-order valence-electron chi connectivity index (χ0n) is 12.4. The van der Waals surface area contributed by atoms with E-state index in [1.54, 1.807) is 33.0 Å². The number of rotatable bonds is 3. The van der Waals surface area contributed by atoms with E-state index < -0.39 is 5.60 Å². The molecule has 0 aliphatic heterocycles. The summed E-state index contributed by atoms with van der Waals surface area (Å²) in [6.07, 6.45) is 0. The molecule has 1 aromatic rings. The second-order valence-corrected chi connectivity index (χ2v) is 5.48. The Morgan fingerprint density at radius 3 is 2.60 bits per heavy atom. The summed E-state index contributed by atoms with van der Waals surface area (Å²) in [6.45, 7) is 5.18. The zero-order valence-corrected chi connectivity index (χ0v) is 12.4. The van der Waals surface area contributed by atoms with Crippen LogP contribution in [-0.2, 0) is 0 Å². The van der Waals surface area contributed by atoms with E-state index in [9.17, 15) is 9.90 Å². The summed E-state index contributed by atoms with van der Waals surface area (Å²) < 4.78 is 0. The Morgan fingerprint density at radius 2 is 2.05 bits per heavy atom. The summed E-state index contributed by atoms with van der Waals surface area (Å²) in [5.74, 6) is 5.13.